The van der Waals surface area contributed by atoms with Gasteiger partial charge in [-0.25, -0.2) is 0 Å². The molecule has 1 aliphatic heterocycles. The molecule has 0 saturated carbocycles. The molecule has 2 heterocycles. The number of aromatic amines is 2. The second kappa shape index (κ2) is 6.30. The Hall–Kier alpha value is -3.02. The van der Waals surface area contributed by atoms with Gasteiger partial charge in [0.15, 0.2) is 5.78 Å². The van der Waals surface area contributed by atoms with Gasteiger partial charge in [0.25, 0.3) is 5.56 Å². The summed E-state index contributed by atoms with van der Waals surface area (Å²) in [5.74, 6) is 1.07. The van der Waals surface area contributed by atoms with Crippen molar-refractivity contribution in [3.63, 3.8) is 0 Å². The standard InChI is InChI=1S/C21H23N3O3/c1-4-9-27-13-7-5-12(6-8-13)16-17-14(10-21(2,3)11-15(17)25)22-19-18(16)20(26)24-23-19/h4-8,16H,1,9-11H2,2-3H3,(H3,22,23,24,26)/t16-/m1/s1. The van der Waals surface area contributed by atoms with Gasteiger partial charge in [0, 0.05) is 23.6 Å². The molecule has 0 radical (unpaired) electrons. The molecule has 0 amide bonds. The van der Waals surface area contributed by atoms with Crippen LogP contribution in [0, 0.1) is 5.41 Å². The fraction of sp³-hybridized carbons (Fsp3) is 0.333. The van der Waals surface area contributed by atoms with Crippen molar-refractivity contribution >= 4 is 11.6 Å². The van der Waals surface area contributed by atoms with Crippen molar-refractivity contribution in [3.05, 3.63) is 69.7 Å². The Morgan fingerprint density at radius 2 is 1.93 bits per heavy atom. The Morgan fingerprint density at radius 3 is 2.63 bits per heavy atom. The first kappa shape index (κ1) is 17.4. The van der Waals surface area contributed by atoms with Gasteiger partial charge in [-0.1, -0.05) is 38.6 Å². The number of benzene rings is 1. The molecule has 0 bridgehead atoms. The first-order valence-corrected chi connectivity index (χ1v) is 9.07. The second-order valence-electron chi connectivity index (χ2n) is 7.93. The molecule has 2 aromatic rings. The normalized spacial score (nSPS) is 20.5. The number of hydrogen-bond donors (Lipinski definition) is 3. The Balaban J connectivity index is 1.82. The molecule has 6 nitrogen and oxygen atoms in total. The SMILES string of the molecule is C=CCOc1ccc([C@@H]2C3=C(CC(C)(C)CC3=O)Nc3[nH][nH]c(=O)c32)cc1. The maximum Gasteiger partial charge on any atom is 0.270 e. The largest absolute Gasteiger partial charge is 0.490 e. The lowest BCUT2D eigenvalue weighted by Crippen LogP contribution is -2.34. The quantitative estimate of drug-likeness (QED) is 0.724. The molecule has 6 heteroatoms. The minimum atomic E-state index is -0.386. The lowest BCUT2D eigenvalue weighted by Gasteiger charge is -2.37. The highest BCUT2D eigenvalue weighted by atomic mass is 16.5. The summed E-state index contributed by atoms with van der Waals surface area (Å²) in [6.45, 7) is 8.25. The van der Waals surface area contributed by atoms with Crippen LogP contribution in [0.3, 0.4) is 0 Å². The summed E-state index contributed by atoms with van der Waals surface area (Å²) in [7, 11) is 0. The number of aromatic nitrogens is 2. The topological polar surface area (TPSA) is 87.0 Å². The maximum atomic E-state index is 13.0. The van der Waals surface area contributed by atoms with E-state index in [0.717, 1.165) is 23.4 Å². The smallest absolute Gasteiger partial charge is 0.270 e. The Morgan fingerprint density at radius 1 is 1.19 bits per heavy atom. The molecule has 1 aliphatic carbocycles. The third kappa shape index (κ3) is 3.01. The first-order valence-electron chi connectivity index (χ1n) is 9.07. The summed E-state index contributed by atoms with van der Waals surface area (Å²) in [4.78, 5) is 25.5. The fourth-order valence-electron chi connectivity index (χ4n) is 4.06. The summed E-state index contributed by atoms with van der Waals surface area (Å²) in [5, 5.41) is 8.84. The van der Waals surface area contributed by atoms with Gasteiger partial charge in [-0.15, -0.1) is 0 Å². The van der Waals surface area contributed by atoms with Gasteiger partial charge < -0.3 is 10.1 Å². The van der Waals surface area contributed by atoms with Gasteiger partial charge in [0.1, 0.15) is 18.2 Å². The number of fused-ring (bicyclic) bond motifs is 1. The number of rotatable bonds is 4. The highest BCUT2D eigenvalue weighted by molar-refractivity contribution is 6.01. The van der Waals surface area contributed by atoms with E-state index >= 15 is 0 Å². The van der Waals surface area contributed by atoms with Gasteiger partial charge in [0.2, 0.25) is 0 Å². The van der Waals surface area contributed by atoms with Gasteiger partial charge in [-0.2, -0.15) is 0 Å². The van der Waals surface area contributed by atoms with Crippen LogP contribution < -0.4 is 15.6 Å². The zero-order valence-corrected chi connectivity index (χ0v) is 15.5. The average molecular weight is 365 g/mol. The van der Waals surface area contributed by atoms with Crippen molar-refractivity contribution in [2.75, 3.05) is 11.9 Å². The molecule has 1 aromatic heterocycles. The van der Waals surface area contributed by atoms with Crippen LogP contribution in [-0.4, -0.2) is 22.6 Å². The number of ether oxygens (including phenoxy) is 1. The molecule has 140 valence electrons. The summed E-state index contributed by atoms with van der Waals surface area (Å²) in [6, 6.07) is 7.56. The minimum Gasteiger partial charge on any atom is -0.490 e. The number of ketones is 1. The van der Waals surface area contributed by atoms with Crippen LogP contribution in [0.1, 0.15) is 43.7 Å². The molecular weight excluding hydrogens is 342 g/mol. The van der Waals surface area contributed by atoms with Crippen LogP contribution in [0.2, 0.25) is 0 Å². The summed E-state index contributed by atoms with van der Waals surface area (Å²) in [5.41, 5.74) is 2.74. The lowest BCUT2D eigenvalue weighted by molar-refractivity contribution is -0.118. The third-order valence-electron chi connectivity index (χ3n) is 5.17. The number of Topliss-reactive ketones (excluding diaryl/α,β-unsaturated/α-hetero) is 1. The zero-order valence-electron chi connectivity index (χ0n) is 15.5. The van der Waals surface area contributed by atoms with Crippen LogP contribution in [0.5, 0.6) is 5.75 Å². The Bertz CT molecular complexity index is 992. The van der Waals surface area contributed by atoms with E-state index in [1.165, 1.54) is 0 Å². The first-order chi connectivity index (χ1) is 12.9. The van der Waals surface area contributed by atoms with Crippen LogP contribution in [0.25, 0.3) is 0 Å². The molecule has 4 rings (SSSR count). The Labute approximate surface area is 157 Å². The summed E-state index contributed by atoms with van der Waals surface area (Å²) < 4.78 is 5.55. The molecule has 1 atom stereocenters. The van der Waals surface area contributed by atoms with Crippen molar-refractivity contribution in [1.29, 1.82) is 0 Å². The average Bonchev–Trinajstić information content (AvgIpc) is 2.98. The number of carbonyl (C=O) groups is 1. The third-order valence-corrected chi connectivity index (χ3v) is 5.17. The van der Waals surface area contributed by atoms with E-state index in [9.17, 15) is 9.59 Å². The van der Waals surface area contributed by atoms with Crippen LogP contribution >= 0.6 is 0 Å². The predicted octanol–water partition coefficient (Wildman–Crippen LogP) is 3.47. The monoisotopic (exact) mass is 365 g/mol. The molecule has 0 spiro atoms. The number of nitrogens with one attached hydrogen (secondary N) is 3. The number of H-pyrrole nitrogens is 2. The van der Waals surface area contributed by atoms with Crippen molar-refractivity contribution in [2.45, 2.75) is 32.6 Å². The van der Waals surface area contributed by atoms with E-state index < -0.39 is 0 Å². The molecule has 0 fully saturated rings. The van der Waals surface area contributed by atoms with Crippen LogP contribution in [0.4, 0.5) is 5.82 Å². The molecule has 3 N–H and O–H groups in total. The van der Waals surface area contributed by atoms with E-state index in [-0.39, 0.29) is 22.7 Å². The van der Waals surface area contributed by atoms with Gasteiger partial charge in [-0.05, 0) is 29.5 Å². The number of hydrogen-bond acceptors (Lipinski definition) is 4. The van der Waals surface area contributed by atoms with Crippen molar-refractivity contribution < 1.29 is 9.53 Å². The second-order valence-corrected chi connectivity index (χ2v) is 7.93. The summed E-state index contributed by atoms with van der Waals surface area (Å²) >= 11 is 0. The highest BCUT2D eigenvalue weighted by Gasteiger charge is 2.42. The Kier molecular flexibility index (Phi) is 4.06. The molecule has 0 unspecified atom stereocenters. The maximum absolute atomic E-state index is 13.0. The fourth-order valence-corrected chi connectivity index (χ4v) is 4.06. The number of anilines is 1. The van der Waals surface area contributed by atoms with E-state index in [4.69, 9.17) is 4.74 Å². The molecule has 1 aromatic carbocycles. The predicted molar refractivity (Wildman–Crippen MR) is 104 cm³/mol. The van der Waals surface area contributed by atoms with E-state index in [0.29, 0.717) is 30.0 Å². The number of allylic oxidation sites excluding steroid dienone is 2. The molecular formula is C21H23N3O3. The van der Waals surface area contributed by atoms with Crippen molar-refractivity contribution in [2.24, 2.45) is 5.41 Å². The van der Waals surface area contributed by atoms with Gasteiger partial charge in [-0.3, -0.25) is 19.8 Å². The summed E-state index contributed by atoms with van der Waals surface area (Å²) in [6.07, 6.45) is 2.92. The number of carbonyl (C=O) groups excluding carboxylic acids is 1. The van der Waals surface area contributed by atoms with Gasteiger partial charge in [0.05, 0.1) is 5.56 Å². The molecule has 0 saturated heterocycles. The lowest BCUT2D eigenvalue weighted by atomic mass is 9.69. The van der Waals surface area contributed by atoms with E-state index in [1.807, 2.05) is 24.3 Å². The van der Waals surface area contributed by atoms with Gasteiger partial charge >= 0.3 is 0 Å². The van der Waals surface area contributed by atoms with Crippen molar-refractivity contribution in [1.82, 2.24) is 10.2 Å². The van der Waals surface area contributed by atoms with E-state index in [2.05, 4.69) is 35.9 Å². The zero-order chi connectivity index (χ0) is 19.2. The molecule has 2 aliphatic rings. The van der Waals surface area contributed by atoms with E-state index in [1.54, 1.807) is 6.08 Å². The minimum absolute atomic E-state index is 0.0944. The highest BCUT2D eigenvalue weighted by Crippen LogP contribution is 2.47. The van der Waals surface area contributed by atoms with Crippen molar-refractivity contribution in [3.8, 4) is 5.75 Å². The molecule has 27 heavy (non-hydrogen) atoms. The van der Waals surface area contributed by atoms with Crippen LogP contribution in [-0.2, 0) is 4.79 Å². The van der Waals surface area contributed by atoms with Crippen LogP contribution in [0.15, 0.2) is 53.0 Å².